The molecule has 0 aliphatic heterocycles. The number of carbonyl (C=O) groups excluding carboxylic acids is 1. The number of unbranched alkanes of at least 4 members (excludes halogenated alkanes) is 3. The van der Waals surface area contributed by atoms with Gasteiger partial charge >= 0.3 is 6.09 Å². The molecular weight excluding hydrogens is 608 g/mol. The highest BCUT2D eigenvalue weighted by molar-refractivity contribution is 5.94. The summed E-state index contributed by atoms with van der Waals surface area (Å²) in [5.41, 5.74) is 4.41. The second-order valence-electron chi connectivity index (χ2n) is 11.9. The molecule has 0 bridgehead atoms. The number of nitrogens with one attached hydrogen (secondary N) is 2. The molecule has 1 unspecified atom stereocenters. The van der Waals surface area contributed by atoms with Crippen molar-refractivity contribution in [3.8, 4) is 11.5 Å². The number of carboxylic acid groups (broad SMARTS) is 1. The number of anilines is 3. The highest BCUT2D eigenvalue weighted by Gasteiger charge is 2.34. The minimum Gasteiger partial charge on any atom is -0.497 e. The first-order valence-corrected chi connectivity index (χ1v) is 16.1. The number of amides is 2. The Morgan fingerprint density at radius 2 is 1.60 bits per heavy atom. The molecule has 0 fully saturated rings. The van der Waals surface area contributed by atoms with Crippen LogP contribution in [0.2, 0.25) is 0 Å². The lowest BCUT2D eigenvalue weighted by atomic mass is 9.89. The number of nitrogens with zero attached hydrogens (tertiary/aromatic N) is 4. The minimum absolute atomic E-state index is 0.129. The molecule has 0 aliphatic rings. The van der Waals surface area contributed by atoms with Gasteiger partial charge in [-0.2, -0.15) is 4.98 Å². The smallest absolute Gasteiger partial charge is 0.413 e. The molecule has 1 aromatic heterocycles. The standard InChI is InChI=1S/C37H46N6O5/c1-25-12-11-13-26(2)33(25)34(30-24-29(47-5)18-19-31(30)48-6)43(37(45)46)32-20-22-39-36(41-32)40-28-16-14-27(15-17-28)35(44)38-21-9-7-8-10-23-42(3)4/h11-20,22,24,34H,7-10,21,23H2,1-6H3,(H,38,44)(H,45,46)(H,39,40,41). The van der Waals surface area contributed by atoms with Crippen LogP contribution in [0.1, 0.15) is 64.3 Å². The summed E-state index contributed by atoms with van der Waals surface area (Å²) in [5, 5.41) is 16.9. The van der Waals surface area contributed by atoms with E-state index in [4.69, 9.17) is 9.47 Å². The molecule has 0 saturated carbocycles. The Balaban J connectivity index is 1.56. The zero-order valence-corrected chi connectivity index (χ0v) is 28.6. The maximum Gasteiger partial charge on any atom is 0.413 e. The average Bonchev–Trinajstić information content (AvgIpc) is 3.07. The van der Waals surface area contributed by atoms with Gasteiger partial charge in [-0.05, 0) is 113 Å². The van der Waals surface area contributed by atoms with E-state index in [1.807, 2.05) is 32.0 Å². The summed E-state index contributed by atoms with van der Waals surface area (Å²) in [6.07, 6.45) is 4.61. The van der Waals surface area contributed by atoms with Crippen molar-refractivity contribution in [2.45, 2.75) is 45.6 Å². The Morgan fingerprint density at radius 1 is 0.896 bits per heavy atom. The number of rotatable bonds is 16. The van der Waals surface area contributed by atoms with Crippen LogP contribution in [0.4, 0.5) is 22.2 Å². The van der Waals surface area contributed by atoms with Gasteiger partial charge in [-0.1, -0.05) is 31.0 Å². The fraction of sp³-hybridized carbons (Fsp3) is 0.351. The zero-order chi connectivity index (χ0) is 34.6. The van der Waals surface area contributed by atoms with Crippen LogP contribution in [-0.4, -0.2) is 73.4 Å². The Labute approximate surface area is 282 Å². The van der Waals surface area contributed by atoms with Crippen molar-refractivity contribution in [1.82, 2.24) is 20.2 Å². The van der Waals surface area contributed by atoms with Crippen LogP contribution in [0, 0.1) is 13.8 Å². The van der Waals surface area contributed by atoms with E-state index >= 15 is 0 Å². The van der Waals surface area contributed by atoms with E-state index in [0.29, 0.717) is 34.9 Å². The molecule has 0 aliphatic carbocycles. The van der Waals surface area contributed by atoms with Gasteiger partial charge in [0.25, 0.3) is 5.91 Å². The Kier molecular flexibility index (Phi) is 12.7. The maximum atomic E-state index is 13.1. The molecule has 4 aromatic rings. The Morgan fingerprint density at radius 3 is 2.25 bits per heavy atom. The molecule has 11 heteroatoms. The van der Waals surface area contributed by atoms with E-state index in [9.17, 15) is 14.7 Å². The second-order valence-corrected chi connectivity index (χ2v) is 11.9. The fourth-order valence-corrected chi connectivity index (χ4v) is 5.66. The quantitative estimate of drug-likeness (QED) is 0.110. The molecular formula is C37H46N6O5. The molecule has 3 aromatic carbocycles. The highest BCUT2D eigenvalue weighted by atomic mass is 16.5. The van der Waals surface area contributed by atoms with Crippen molar-refractivity contribution in [3.63, 3.8) is 0 Å². The van der Waals surface area contributed by atoms with Crippen molar-refractivity contribution in [2.75, 3.05) is 51.6 Å². The molecule has 2 amide bonds. The third-order valence-electron chi connectivity index (χ3n) is 8.12. The number of aryl methyl sites for hydroxylation is 2. The Hall–Kier alpha value is -5.16. The maximum absolute atomic E-state index is 13.1. The highest BCUT2D eigenvalue weighted by Crippen LogP contribution is 2.41. The summed E-state index contributed by atoms with van der Waals surface area (Å²) in [6.45, 7) is 5.61. The van der Waals surface area contributed by atoms with Gasteiger partial charge in [-0.3, -0.25) is 4.79 Å². The predicted molar refractivity (Wildman–Crippen MR) is 189 cm³/mol. The molecule has 4 rings (SSSR count). The SMILES string of the molecule is COc1ccc(OC)c(C(c2c(C)cccc2C)N(C(=O)O)c2ccnc(Nc3ccc(C(=O)NCCCCCCN(C)C)cc3)n2)c1. The third-order valence-corrected chi connectivity index (χ3v) is 8.12. The summed E-state index contributed by atoms with van der Waals surface area (Å²) in [7, 11) is 7.26. The number of hydrogen-bond acceptors (Lipinski definition) is 8. The Bertz CT molecular complexity index is 1660. The zero-order valence-electron chi connectivity index (χ0n) is 28.6. The molecule has 0 radical (unpaired) electrons. The van der Waals surface area contributed by atoms with Gasteiger partial charge in [-0.15, -0.1) is 0 Å². The number of ether oxygens (including phenoxy) is 2. The summed E-state index contributed by atoms with van der Waals surface area (Å²) in [5.74, 6) is 1.30. The van der Waals surface area contributed by atoms with Crippen molar-refractivity contribution in [2.24, 2.45) is 0 Å². The van der Waals surface area contributed by atoms with Crippen molar-refractivity contribution in [1.29, 1.82) is 0 Å². The summed E-state index contributed by atoms with van der Waals surface area (Å²) >= 11 is 0. The largest absolute Gasteiger partial charge is 0.497 e. The van der Waals surface area contributed by atoms with Gasteiger partial charge in [0.05, 0.1) is 20.3 Å². The summed E-state index contributed by atoms with van der Waals surface area (Å²) in [6, 6.07) is 18.9. The first-order chi connectivity index (χ1) is 23.1. The van der Waals surface area contributed by atoms with Gasteiger partial charge in [-0.25, -0.2) is 14.7 Å². The molecule has 11 nitrogen and oxygen atoms in total. The van der Waals surface area contributed by atoms with Gasteiger partial charge in [0.1, 0.15) is 17.3 Å². The average molecular weight is 655 g/mol. The van der Waals surface area contributed by atoms with Crippen LogP contribution in [0.15, 0.2) is 72.9 Å². The van der Waals surface area contributed by atoms with Crippen LogP contribution in [-0.2, 0) is 0 Å². The number of methoxy groups -OCH3 is 2. The van der Waals surface area contributed by atoms with Gasteiger partial charge in [0, 0.05) is 29.6 Å². The summed E-state index contributed by atoms with van der Waals surface area (Å²) in [4.78, 5) is 38.2. The normalized spacial score (nSPS) is 11.6. The van der Waals surface area contributed by atoms with E-state index in [0.717, 1.165) is 48.9 Å². The van der Waals surface area contributed by atoms with E-state index in [-0.39, 0.29) is 17.7 Å². The number of aromatic nitrogens is 2. The van der Waals surface area contributed by atoms with Crippen molar-refractivity contribution in [3.05, 3.63) is 101 Å². The molecule has 3 N–H and O–H groups in total. The van der Waals surface area contributed by atoms with E-state index < -0.39 is 12.1 Å². The van der Waals surface area contributed by atoms with Crippen LogP contribution in [0.5, 0.6) is 11.5 Å². The van der Waals surface area contributed by atoms with E-state index in [1.165, 1.54) is 11.1 Å². The van der Waals surface area contributed by atoms with Crippen LogP contribution >= 0.6 is 0 Å². The number of carbonyl (C=O) groups is 2. The molecule has 1 heterocycles. The van der Waals surface area contributed by atoms with Gasteiger partial charge in [0.2, 0.25) is 5.95 Å². The van der Waals surface area contributed by atoms with Gasteiger partial charge < -0.3 is 30.1 Å². The van der Waals surface area contributed by atoms with Crippen molar-refractivity contribution >= 4 is 29.5 Å². The number of benzene rings is 3. The topological polar surface area (TPSA) is 129 Å². The second kappa shape index (κ2) is 17.1. The van der Waals surface area contributed by atoms with Crippen LogP contribution in [0.3, 0.4) is 0 Å². The minimum atomic E-state index is -1.21. The van der Waals surface area contributed by atoms with Crippen LogP contribution in [0.25, 0.3) is 0 Å². The molecule has 0 saturated heterocycles. The van der Waals surface area contributed by atoms with E-state index in [1.54, 1.807) is 62.8 Å². The van der Waals surface area contributed by atoms with Gasteiger partial charge in [0.15, 0.2) is 0 Å². The lowest BCUT2D eigenvalue weighted by Crippen LogP contribution is -2.36. The lowest BCUT2D eigenvalue weighted by molar-refractivity contribution is 0.0953. The first kappa shape index (κ1) is 35.7. The van der Waals surface area contributed by atoms with Crippen LogP contribution < -0.4 is 25.0 Å². The summed E-state index contributed by atoms with van der Waals surface area (Å²) < 4.78 is 11.2. The monoisotopic (exact) mass is 654 g/mol. The van der Waals surface area contributed by atoms with Crippen molar-refractivity contribution < 1.29 is 24.2 Å². The lowest BCUT2D eigenvalue weighted by Gasteiger charge is -2.32. The fourth-order valence-electron chi connectivity index (χ4n) is 5.66. The molecule has 0 spiro atoms. The predicted octanol–water partition coefficient (Wildman–Crippen LogP) is 6.98. The molecule has 254 valence electrons. The third kappa shape index (κ3) is 9.22. The molecule has 48 heavy (non-hydrogen) atoms. The number of hydrogen-bond donors (Lipinski definition) is 3. The molecule has 1 atom stereocenters. The van der Waals surface area contributed by atoms with E-state index in [2.05, 4.69) is 39.6 Å². The first-order valence-electron chi connectivity index (χ1n) is 16.1.